The molecule has 0 aliphatic heterocycles. The quantitative estimate of drug-likeness (QED) is 0.668. The first-order chi connectivity index (χ1) is 6.17. The molecule has 1 rings (SSSR count). The predicted octanol–water partition coefficient (Wildman–Crippen LogP) is 2.37. The molecule has 0 amide bonds. The number of hydrogen-bond acceptors (Lipinski definition) is 1. The van der Waals surface area contributed by atoms with Crippen LogP contribution in [-0.2, 0) is 4.57 Å². The van der Waals surface area contributed by atoms with Gasteiger partial charge in [0.15, 0.2) is 0 Å². The Balaban J connectivity index is 2.76. The zero-order valence-electron chi connectivity index (χ0n) is 7.19. The maximum absolute atomic E-state index is 11.7. The summed E-state index contributed by atoms with van der Waals surface area (Å²) in [5, 5.41) is 1.32. The topological polar surface area (TPSA) is 37.3 Å². The lowest BCUT2D eigenvalue weighted by molar-refractivity contribution is 0.489. The standard InChI is InChI=1S/C9H12BrO2P/c10-7-4-8-13(11,12)9-5-2-1-3-6-9/h1-3,5-6H,4,7-8H2,(H,11,12). The molecule has 0 radical (unpaired) electrons. The van der Waals surface area contributed by atoms with E-state index in [1.165, 1.54) is 0 Å². The van der Waals surface area contributed by atoms with Gasteiger partial charge in [0, 0.05) is 16.8 Å². The molecule has 72 valence electrons. The van der Waals surface area contributed by atoms with Gasteiger partial charge in [-0.1, -0.05) is 34.1 Å². The van der Waals surface area contributed by atoms with Crippen molar-refractivity contribution in [2.75, 3.05) is 11.5 Å². The first-order valence-electron chi connectivity index (χ1n) is 4.10. The van der Waals surface area contributed by atoms with Gasteiger partial charge in [-0.3, -0.25) is 4.57 Å². The second-order valence-electron chi connectivity index (χ2n) is 2.80. The van der Waals surface area contributed by atoms with Crippen LogP contribution in [0.25, 0.3) is 0 Å². The van der Waals surface area contributed by atoms with Crippen LogP contribution in [0.3, 0.4) is 0 Å². The predicted molar refractivity (Wildman–Crippen MR) is 59.2 cm³/mol. The average molecular weight is 263 g/mol. The fourth-order valence-electron chi connectivity index (χ4n) is 1.06. The molecule has 1 N–H and O–H groups in total. The van der Waals surface area contributed by atoms with Crippen molar-refractivity contribution in [3.05, 3.63) is 30.3 Å². The molecule has 1 atom stereocenters. The molecule has 0 aliphatic carbocycles. The van der Waals surface area contributed by atoms with E-state index in [4.69, 9.17) is 0 Å². The highest BCUT2D eigenvalue weighted by atomic mass is 79.9. The number of rotatable bonds is 4. The third-order valence-electron chi connectivity index (χ3n) is 1.75. The molecule has 1 aromatic carbocycles. The number of halogens is 1. The molecule has 13 heavy (non-hydrogen) atoms. The summed E-state index contributed by atoms with van der Waals surface area (Å²) in [5.41, 5.74) is 0. The van der Waals surface area contributed by atoms with Crippen LogP contribution in [0.1, 0.15) is 6.42 Å². The first kappa shape index (κ1) is 11.0. The fraction of sp³-hybridized carbons (Fsp3) is 0.333. The summed E-state index contributed by atoms with van der Waals surface area (Å²) in [4.78, 5) is 9.65. The molecule has 0 fully saturated rings. The zero-order chi connectivity index (χ0) is 9.73. The summed E-state index contributed by atoms with van der Waals surface area (Å²) in [5.74, 6) is 0. The van der Waals surface area contributed by atoms with Crippen LogP contribution in [0.4, 0.5) is 0 Å². The lowest BCUT2D eigenvalue weighted by atomic mass is 10.4. The van der Waals surface area contributed by atoms with Gasteiger partial charge in [0.1, 0.15) is 0 Å². The molecule has 0 spiro atoms. The van der Waals surface area contributed by atoms with Crippen molar-refractivity contribution in [2.45, 2.75) is 6.42 Å². The Bertz CT molecular complexity index is 300. The highest BCUT2D eigenvalue weighted by Gasteiger charge is 2.19. The molecule has 2 nitrogen and oxygen atoms in total. The van der Waals surface area contributed by atoms with Gasteiger partial charge in [-0.2, -0.15) is 0 Å². The molecule has 0 saturated carbocycles. The van der Waals surface area contributed by atoms with Crippen LogP contribution in [0.5, 0.6) is 0 Å². The van der Waals surface area contributed by atoms with Gasteiger partial charge in [0.2, 0.25) is 7.37 Å². The van der Waals surface area contributed by atoms with E-state index in [0.29, 0.717) is 11.5 Å². The molecule has 1 unspecified atom stereocenters. The van der Waals surface area contributed by atoms with Crippen LogP contribution in [-0.4, -0.2) is 16.4 Å². The molecule has 0 bridgehead atoms. The fourth-order valence-corrected chi connectivity index (χ4v) is 3.26. The zero-order valence-corrected chi connectivity index (χ0v) is 9.67. The molecule has 0 aliphatic rings. The minimum atomic E-state index is -3.09. The van der Waals surface area contributed by atoms with Crippen LogP contribution < -0.4 is 5.30 Å². The molecular formula is C9H12BrO2P. The number of alkyl halides is 1. The Morgan fingerprint density at radius 1 is 1.31 bits per heavy atom. The van der Waals surface area contributed by atoms with E-state index in [1.54, 1.807) is 24.3 Å². The third-order valence-corrected chi connectivity index (χ3v) is 4.34. The van der Waals surface area contributed by atoms with Crippen LogP contribution in [0.15, 0.2) is 30.3 Å². The van der Waals surface area contributed by atoms with Gasteiger partial charge in [-0.05, 0) is 18.6 Å². The Labute approximate surface area is 86.6 Å². The van der Waals surface area contributed by atoms with Crippen molar-refractivity contribution >= 4 is 28.6 Å². The highest BCUT2D eigenvalue weighted by molar-refractivity contribution is 9.09. The van der Waals surface area contributed by atoms with Crippen molar-refractivity contribution in [3.8, 4) is 0 Å². The van der Waals surface area contributed by atoms with Gasteiger partial charge in [0.25, 0.3) is 0 Å². The monoisotopic (exact) mass is 262 g/mol. The van der Waals surface area contributed by atoms with Gasteiger partial charge in [0.05, 0.1) is 0 Å². The lowest BCUT2D eigenvalue weighted by Gasteiger charge is -2.10. The Kier molecular flexibility index (Phi) is 4.17. The van der Waals surface area contributed by atoms with Crippen LogP contribution in [0.2, 0.25) is 0 Å². The minimum Gasteiger partial charge on any atom is -0.341 e. The summed E-state index contributed by atoms with van der Waals surface area (Å²) >= 11 is 3.24. The smallest absolute Gasteiger partial charge is 0.229 e. The third kappa shape index (κ3) is 3.26. The SMILES string of the molecule is O=P(O)(CCCBr)c1ccccc1. The van der Waals surface area contributed by atoms with Crippen molar-refractivity contribution < 1.29 is 9.46 Å². The van der Waals surface area contributed by atoms with Crippen molar-refractivity contribution in [3.63, 3.8) is 0 Å². The lowest BCUT2D eigenvalue weighted by Crippen LogP contribution is -2.06. The maximum Gasteiger partial charge on any atom is 0.229 e. The Hall–Kier alpha value is -0.110. The van der Waals surface area contributed by atoms with E-state index in [-0.39, 0.29) is 0 Å². The Morgan fingerprint density at radius 3 is 2.46 bits per heavy atom. The summed E-state index contributed by atoms with van der Waals surface area (Å²) in [6.07, 6.45) is 1.07. The first-order valence-corrected chi connectivity index (χ1v) is 7.07. The molecule has 4 heteroatoms. The van der Waals surface area contributed by atoms with Gasteiger partial charge in [-0.25, -0.2) is 0 Å². The Morgan fingerprint density at radius 2 is 1.92 bits per heavy atom. The van der Waals surface area contributed by atoms with Crippen molar-refractivity contribution in [1.29, 1.82) is 0 Å². The highest BCUT2D eigenvalue weighted by Crippen LogP contribution is 2.39. The van der Waals surface area contributed by atoms with Crippen molar-refractivity contribution in [1.82, 2.24) is 0 Å². The largest absolute Gasteiger partial charge is 0.341 e. The number of hydrogen-bond donors (Lipinski definition) is 1. The van der Waals surface area contributed by atoms with E-state index >= 15 is 0 Å². The molecule has 0 aromatic heterocycles. The van der Waals surface area contributed by atoms with E-state index in [2.05, 4.69) is 15.9 Å². The molecule has 0 heterocycles. The number of benzene rings is 1. The van der Waals surface area contributed by atoms with E-state index < -0.39 is 7.37 Å². The average Bonchev–Trinajstić information content (AvgIpc) is 2.16. The maximum atomic E-state index is 11.7. The molecule has 0 saturated heterocycles. The second-order valence-corrected chi connectivity index (χ2v) is 5.96. The summed E-state index contributed by atoms with van der Waals surface area (Å²) in [6, 6.07) is 8.82. The van der Waals surface area contributed by atoms with Crippen LogP contribution >= 0.6 is 23.3 Å². The summed E-state index contributed by atoms with van der Waals surface area (Å²) in [7, 11) is -3.09. The van der Waals surface area contributed by atoms with Gasteiger partial charge in [-0.15, -0.1) is 0 Å². The second kappa shape index (κ2) is 4.94. The van der Waals surface area contributed by atoms with E-state index in [1.807, 2.05) is 6.07 Å². The minimum absolute atomic E-state index is 0.349. The summed E-state index contributed by atoms with van der Waals surface area (Å²) in [6.45, 7) is 0. The van der Waals surface area contributed by atoms with Gasteiger partial charge >= 0.3 is 0 Å². The summed E-state index contributed by atoms with van der Waals surface area (Å²) < 4.78 is 11.7. The van der Waals surface area contributed by atoms with Crippen LogP contribution in [0, 0.1) is 0 Å². The molecular weight excluding hydrogens is 251 g/mol. The van der Waals surface area contributed by atoms with Gasteiger partial charge < -0.3 is 4.89 Å². The van der Waals surface area contributed by atoms with E-state index in [9.17, 15) is 9.46 Å². The van der Waals surface area contributed by atoms with E-state index in [0.717, 1.165) is 11.8 Å². The molecule has 1 aromatic rings. The van der Waals surface area contributed by atoms with Crippen molar-refractivity contribution in [2.24, 2.45) is 0 Å². The normalized spacial score (nSPS) is 15.2.